The van der Waals surface area contributed by atoms with Crippen LogP contribution in [0, 0.1) is 13.8 Å². The molecule has 0 saturated carbocycles. The molecule has 0 bridgehead atoms. The number of aryl methyl sites for hydroxylation is 2. The second kappa shape index (κ2) is 13.6. The lowest BCUT2D eigenvalue weighted by Crippen LogP contribution is -2.52. The molecule has 1 aliphatic heterocycles. The number of amides is 2. The van der Waals surface area contributed by atoms with Gasteiger partial charge in [-0.2, -0.15) is 0 Å². The number of aromatic nitrogens is 2. The Hall–Kier alpha value is -5.30. The Morgan fingerprint density at radius 1 is 0.889 bits per heavy atom. The van der Waals surface area contributed by atoms with E-state index in [9.17, 15) is 9.59 Å². The third-order valence-electron chi connectivity index (χ3n) is 8.41. The summed E-state index contributed by atoms with van der Waals surface area (Å²) in [5, 5.41) is 4.02. The first-order chi connectivity index (χ1) is 22.0. The van der Waals surface area contributed by atoms with Crippen LogP contribution in [0.5, 0.6) is 0 Å². The summed E-state index contributed by atoms with van der Waals surface area (Å²) in [6, 6.07) is 31.3. The molecule has 0 saturated heterocycles. The summed E-state index contributed by atoms with van der Waals surface area (Å²) >= 11 is 0. The Bertz CT molecular complexity index is 1780. The number of fused-ring (bicyclic) bond motifs is 1. The fraction of sp³-hybridized carbons (Fsp3) is 0.211. The van der Waals surface area contributed by atoms with Crippen LogP contribution in [0.15, 0.2) is 114 Å². The van der Waals surface area contributed by atoms with Gasteiger partial charge in [0.05, 0.1) is 11.4 Å². The maximum atomic E-state index is 14.5. The average Bonchev–Trinajstić information content (AvgIpc) is 3.41. The van der Waals surface area contributed by atoms with Crippen molar-refractivity contribution in [3.05, 3.63) is 149 Å². The Morgan fingerprint density at radius 3 is 2.33 bits per heavy atom. The van der Waals surface area contributed by atoms with Crippen molar-refractivity contribution < 1.29 is 14.1 Å². The molecule has 6 rings (SSSR count). The molecule has 5 aromatic rings. The van der Waals surface area contributed by atoms with Crippen molar-refractivity contribution in [2.24, 2.45) is 0 Å². The summed E-state index contributed by atoms with van der Waals surface area (Å²) in [5.74, 6) is 0.324. The lowest BCUT2D eigenvalue weighted by Gasteiger charge is -2.37. The van der Waals surface area contributed by atoms with Gasteiger partial charge < -0.3 is 14.3 Å². The summed E-state index contributed by atoms with van der Waals surface area (Å²) in [5.41, 5.74) is 7.66. The van der Waals surface area contributed by atoms with Gasteiger partial charge in [-0.1, -0.05) is 90.1 Å². The van der Waals surface area contributed by atoms with E-state index in [4.69, 9.17) is 4.52 Å². The summed E-state index contributed by atoms with van der Waals surface area (Å²) in [7, 11) is 0. The van der Waals surface area contributed by atoms with E-state index < -0.39 is 6.04 Å². The first-order valence-corrected chi connectivity index (χ1v) is 15.3. The van der Waals surface area contributed by atoms with E-state index in [2.05, 4.69) is 22.3 Å². The predicted octanol–water partition coefficient (Wildman–Crippen LogP) is 6.59. The number of benzene rings is 3. The third-order valence-corrected chi connectivity index (χ3v) is 8.41. The molecule has 0 spiro atoms. The molecule has 0 N–H and O–H groups in total. The highest BCUT2D eigenvalue weighted by atomic mass is 16.5. The lowest BCUT2D eigenvalue weighted by molar-refractivity contribution is -0.144. The number of hydrogen-bond acceptors (Lipinski definition) is 5. The molecule has 1 unspecified atom stereocenters. The second-order valence-electron chi connectivity index (χ2n) is 11.4. The molecule has 226 valence electrons. The summed E-state index contributed by atoms with van der Waals surface area (Å²) in [6.07, 6.45) is 6.23. The zero-order valence-electron chi connectivity index (χ0n) is 25.6. The van der Waals surface area contributed by atoms with E-state index in [0.717, 1.165) is 39.9 Å². The van der Waals surface area contributed by atoms with Gasteiger partial charge in [0, 0.05) is 49.5 Å². The van der Waals surface area contributed by atoms with Gasteiger partial charge >= 0.3 is 0 Å². The molecule has 7 nitrogen and oxygen atoms in total. The van der Waals surface area contributed by atoms with Gasteiger partial charge in [0.15, 0.2) is 0 Å². The van der Waals surface area contributed by atoms with E-state index >= 15 is 0 Å². The zero-order valence-corrected chi connectivity index (χ0v) is 25.6. The monoisotopic (exact) mass is 596 g/mol. The van der Waals surface area contributed by atoms with E-state index in [0.29, 0.717) is 31.0 Å². The number of carbonyl (C=O) groups is 2. The molecule has 3 aromatic carbocycles. The van der Waals surface area contributed by atoms with Crippen molar-refractivity contribution in [2.45, 2.75) is 45.8 Å². The lowest BCUT2D eigenvalue weighted by atomic mass is 9.97. The molecule has 7 heteroatoms. The van der Waals surface area contributed by atoms with Gasteiger partial charge in [0.2, 0.25) is 11.8 Å². The molecule has 0 fully saturated rings. The van der Waals surface area contributed by atoms with Crippen molar-refractivity contribution in [1.82, 2.24) is 19.9 Å². The van der Waals surface area contributed by atoms with Crippen LogP contribution in [0.3, 0.4) is 0 Å². The molecule has 1 aliphatic rings. The Balaban J connectivity index is 1.35. The van der Waals surface area contributed by atoms with E-state index in [1.807, 2.05) is 104 Å². The van der Waals surface area contributed by atoms with Crippen molar-refractivity contribution in [1.29, 1.82) is 0 Å². The van der Waals surface area contributed by atoms with Crippen LogP contribution in [0.2, 0.25) is 0 Å². The third kappa shape index (κ3) is 6.93. The minimum atomic E-state index is -0.713. The Labute approximate surface area is 263 Å². The van der Waals surface area contributed by atoms with Gasteiger partial charge in [0.25, 0.3) is 0 Å². The van der Waals surface area contributed by atoms with Crippen molar-refractivity contribution >= 4 is 17.9 Å². The quantitative estimate of drug-likeness (QED) is 0.179. The van der Waals surface area contributed by atoms with Crippen LogP contribution < -0.4 is 0 Å². The fourth-order valence-electron chi connectivity index (χ4n) is 5.89. The van der Waals surface area contributed by atoms with Gasteiger partial charge in [-0.3, -0.25) is 14.6 Å². The number of rotatable bonds is 9. The van der Waals surface area contributed by atoms with Gasteiger partial charge in [0.1, 0.15) is 11.8 Å². The van der Waals surface area contributed by atoms with Crippen LogP contribution in [0.1, 0.15) is 39.3 Å². The first kappa shape index (κ1) is 29.8. The number of pyridine rings is 1. The Kier molecular flexibility index (Phi) is 8.96. The van der Waals surface area contributed by atoms with E-state index in [1.54, 1.807) is 17.2 Å². The highest BCUT2D eigenvalue weighted by molar-refractivity contribution is 5.96. The number of hydrogen-bond donors (Lipinski definition) is 0. The molecular weight excluding hydrogens is 560 g/mol. The van der Waals surface area contributed by atoms with Crippen LogP contribution in [-0.2, 0) is 35.5 Å². The van der Waals surface area contributed by atoms with Crippen molar-refractivity contribution in [3.63, 3.8) is 0 Å². The molecular formula is C38H36N4O3. The molecule has 0 aliphatic carbocycles. The maximum absolute atomic E-state index is 14.5. The largest absolute Gasteiger partial charge is 0.361 e. The topological polar surface area (TPSA) is 79.5 Å². The van der Waals surface area contributed by atoms with Crippen LogP contribution in [0.25, 0.3) is 17.3 Å². The minimum absolute atomic E-state index is 0.0578. The van der Waals surface area contributed by atoms with Crippen molar-refractivity contribution in [2.75, 3.05) is 6.54 Å². The summed E-state index contributed by atoms with van der Waals surface area (Å²) in [6.45, 7) is 5.06. The highest BCUT2D eigenvalue weighted by Gasteiger charge is 2.34. The van der Waals surface area contributed by atoms with Crippen LogP contribution in [-0.4, -0.2) is 44.3 Å². The standard InChI is InChI=1S/C38H36N4O3/c1-27-34(28(2)45-40-27)19-20-37(43)42(25-30-15-17-32(18-16-30)35-14-8-9-22-39-35)36(24-29-10-4-3-5-11-29)38(44)41-23-21-31-12-6-7-13-33(31)26-41/h3-20,22,36H,21,23-26H2,1-2H3. The fourth-order valence-corrected chi connectivity index (χ4v) is 5.89. The molecule has 0 radical (unpaired) electrons. The zero-order chi connectivity index (χ0) is 31.2. The van der Waals surface area contributed by atoms with Crippen LogP contribution >= 0.6 is 0 Å². The first-order valence-electron chi connectivity index (χ1n) is 15.3. The minimum Gasteiger partial charge on any atom is -0.361 e. The Morgan fingerprint density at radius 2 is 1.62 bits per heavy atom. The summed E-state index contributed by atoms with van der Waals surface area (Å²) < 4.78 is 5.31. The van der Waals surface area contributed by atoms with E-state index in [-0.39, 0.29) is 18.4 Å². The van der Waals surface area contributed by atoms with Crippen LogP contribution in [0.4, 0.5) is 0 Å². The molecule has 2 amide bonds. The second-order valence-corrected chi connectivity index (χ2v) is 11.4. The average molecular weight is 597 g/mol. The predicted molar refractivity (Wildman–Crippen MR) is 175 cm³/mol. The molecule has 1 atom stereocenters. The number of nitrogens with zero attached hydrogens (tertiary/aromatic N) is 4. The normalized spacial score (nSPS) is 13.4. The number of carbonyl (C=O) groups excluding carboxylic acids is 2. The van der Waals surface area contributed by atoms with Gasteiger partial charge in [-0.05, 0) is 60.7 Å². The summed E-state index contributed by atoms with van der Waals surface area (Å²) in [4.78, 5) is 36.8. The highest BCUT2D eigenvalue weighted by Crippen LogP contribution is 2.24. The maximum Gasteiger partial charge on any atom is 0.247 e. The van der Waals surface area contributed by atoms with Gasteiger partial charge in [-0.15, -0.1) is 0 Å². The molecule has 2 aromatic heterocycles. The smallest absolute Gasteiger partial charge is 0.247 e. The van der Waals surface area contributed by atoms with E-state index in [1.165, 1.54) is 11.6 Å². The van der Waals surface area contributed by atoms with Crippen molar-refractivity contribution in [3.8, 4) is 11.3 Å². The molecule has 3 heterocycles. The molecule has 45 heavy (non-hydrogen) atoms. The van der Waals surface area contributed by atoms with Gasteiger partial charge in [-0.25, -0.2) is 0 Å². The SMILES string of the molecule is Cc1noc(C)c1C=CC(=O)N(Cc1ccc(-c2ccccn2)cc1)C(Cc1ccccc1)C(=O)N1CCc2ccccc2C1.